The molecule has 0 unspecified atom stereocenters. The van der Waals surface area contributed by atoms with E-state index >= 15 is 0 Å². The molecule has 1 heterocycles. The number of rotatable bonds is 14. The Morgan fingerprint density at radius 3 is 2.07 bits per heavy atom. The van der Waals surface area contributed by atoms with Crippen molar-refractivity contribution in [2.75, 3.05) is 0 Å². The molecule has 0 amide bonds. The van der Waals surface area contributed by atoms with Crippen molar-refractivity contribution in [2.45, 2.75) is 70.8 Å². The highest BCUT2D eigenvalue weighted by atomic mass is 19.1. The predicted octanol–water partition coefficient (Wildman–Crippen LogP) is 4.64. The Morgan fingerprint density at radius 2 is 1.49 bits per heavy atom. The number of ketones is 1. The van der Waals surface area contributed by atoms with Gasteiger partial charge in [-0.2, -0.15) is 0 Å². The average Bonchev–Trinajstić information content (AvgIpc) is 3.32. The van der Waals surface area contributed by atoms with E-state index in [4.69, 9.17) is 0 Å². The molecule has 0 fully saturated rings. The van der Waals surface area contributed by atoms with Crippen LogP contribution in [0.1, 0.15) is 66.2 Å². The third kappa shape index (κ3) is 7.84. The third-order valence-corrected chi connectivity index (χ3v) is 7.51. The van der Waals surface area contributed by atoms with Crippen molar-refractivity contribution >= 4 is 11.8 Å². The fraction of sp³-hybridized carbons (Fsp3) is 0.314. The molecule has 2 atom stereocenters. The number of aromatic nitrogens is 1. The number of aliphatic hydroxyl groups is 3. The number of carboxylic acid groups (broad SMARTS) is 1. The number of carbonyl (C=O) groups excluding carboxylic acids is 2. The average molecular weight is 587 g/mol. The summed E-state index contributed by atoms with van der Waals surface area (Å²) in [6, 6.07) is 22.8. The van der Waals surface area contributed by atoms with Crippen molar-refractivity contribution in [3.8, 4) is 22.4 Å². The Hall–Kier alpha value is -4.11. The van der Waals surface area contributed by atoms with Gasteiger partial charge >= 0.3 is 0 Å². The molecule has 0 radical (unpaired) electrons. The van der Waals surface area contributed by atoms with Crippen LogP contribution in [0.2, 0.25) is 0 Å². The summed E-state index contributed by atoms with van der Waals surface area (Å²) in [5.41, 5.74) is 5.76. The van der Waals surface area contributed by atoms with E-state index in [-0.39, 0.29) is 44.1 Å². The first-order valence-corrected chi connectivity index (χ1v) is 14.4. The lowest BCUT2D eigenvalue weighted by molar-refractivity contribution is -0.307. The van der Waals surface area contributed by atoms with Crippen LogP contribution >= 0.6 is 0 Å². The number of hydrogen-bond acceptors (Lipinski definition) is 6. The molecule has 7 nitrogen and oxygen atoms in total. The normalized spacial score (nSPS) is 12.8. The second kappa shape index (κ2) is 14.4. The Balaban J connectivity index is 1.88. The molecule has 4 aromatic rings. The van der Waals surface area contributed by atoms with Crippen LogP contribution in [0, 0.1) is 5.82 Å². The smallest absolute Gasteiger partial charge is 0.169 e. The molecule has 8 heteroatoms. The lowest BCUT2D eigenvalue weighted by atomic mass is 9.90. The fourth-order valence-corrected chi connectivity index (χ4v) is 5.57. The Morgan fingerprint density at radius 1 is 0.860 bits per heavy atom. The molecule has 0 aliphatic carbocycles. The quantitative estimate of drug-likeness (QED) is 0.185. The summed E-state index contributed by atoms with van der Waals surface area (Å²) in [6.07, 6.45) is -2.68. The standard InChI is InChI=1S/C35H38FNO6/c1-22(2)34-33(30(41)18-23-8-10-24(21-38)11-9-23)32(25-6-4-3-5-7-25)35(26-12-14-27(36)15-13-26)37(34)17-16-28(39)19-29(40)20-31(42)43/h3-15,22,28-29,38-40H,16-21H2,1-2H3,(H,42,43)/p-1/t28-,29-/m1/s1. The SMILES string of the molecule is CC(C)c1c(C(=O)Cc2ccc(CO)cc2)c(-c2ccccc2)c(-c2ccc(F)cc2)n1CC[C@@H](O)C[C@@H](O)CC(=O)[O-]. The lowest BCUT2D eigenvalue weighted by Gasteiger charge is -2.20. The van der Waals surface area contributed by atoms with Gasteiger partial charge in [-0.25, -0.2) is 4.39 Å². The van der Waals surface area contributed by atoms with Gasteiger partial charge in [0, 0.05) is 42.2 Å². The second-order valence-corrected chi connectivity index (χ2v) is 11.1. The van der Waals surface area contributed by atoms with Crippen LogP contribution in [-0.2, 0) is 24.4 Å². The molecule has 3 N–H and O–H groups in total. The highest BCUT2D eigenvalue weighted by Crippen LogP contribution is 2.43. The summed E-state index contributed by atoms with van der Waals surface area (Å²) in [6.45, 7) is 4.14. The molecule has 0 saturated heterocycles. The van der Waals surface area contributed by atoms with Gasteiger partial charge in [-0.15, -0.1) is 0 Å². The van der Waals surface area contributed by atoms with Gasteiger partial charge in [0.1, 0.15) is 5.82 Å². The molecule has 3 aromatic carbocycles. The summed E-state index contributed by atoms with van der Waals surface area (Å²) >= 11 is 0. The van der Waals surface area contributed by atoms with Crippen LogP contribution < -0.4 is 5.11 Å². The maximum absolute atomic E-state index is 14.3. The van der Waals surface area contributed by atoms with Gasteiger partial charge in [0.2, 0.25) is 0 Å². The highest BCUT2D eigenvalue weighted by Gasteiger charge is 2.30. The molecule has 0 bridgehead atoms. The molecule has 4 rings (SSSR count). The van der Waals surface area contributed by atoms with Crippen LogP contribution in [0.25, 0.3) is 22.4 Å². The fourth-order valence-electron chi connectivity index (χ4n) is 5.57. The van der Waals surface area contributed by atoms with Gasteiger partial charge in [0.05, 0.1) is 24.5 Å². The minimum Gasteiger partial charge on any atom is -0.550 e. The zero-order valence-corrected chi connectivity index (χ0v) is 24.4. The molecule has 0 saturated carbocycles. The maximum Gasteiger partial charge on any atom is 0.169 e. The first kappa shape index (κ1) is 31.8. The molecule has 0 aliphatic heterocycles. The van der Waals surface area contributed by atoms with Crippen LogP contribution in [0.5, 0.6) is 0 Å². The maximum atomic E-state index is 14.3. The van der Waals surface area contributed by atoms with E-state index in [2.05, 4.69) is 0 Å². The summed E-state index contributed by atoms with van der Waals surface area (Å²) in [5.74, 6) is -2.01. The summed E-state index contributed by atoms with van der Waals surface area (Å²) < 4.78 is 16.0. The number of aliphatic hydroxyl groups excluding tert-OH is 3. The van der Waals surface area contributed by atoms with Gasteiger partial charge < -0.3 is 29.8 Å². The Labute approximate surface area is 250 Å². The van der Waals surface area contributed by atoms with Crippen LogP contribution in [0.3, 0.4) is 0 Å². The largest absolute Gasteiger partial charge is 0.550 e. The van der Waals surface area contributed by atoms with Gasteiger partial charge in [-0.1, -0.05) is 68.4 Å². The molecule has 0 aliphatic rings. The number of Topliss-reactive ketones (excluding diaryl/α,β-unsaturated/α-hetero) is 1. The van der Waals surface area contributed by atoms with E-state index in [1.807, 2.05) is 60.9 Å². The van der Waals surface area contributed by atoms with Crippen molar-refractivity contribution in [1.29, 1.82) is 0 Å². The Bertz CT molecular complexity index is 1530. The molecule has 43 heavy (non-hydrogen) atoms. The number of carbonyl (C=O) groups is 2. The zero-order valence-electron chi connectivity index (χ0n) is 24.4. The summed E-state index contributed by atoms with van der Waals surface area (Å²) in [7, 11) is 0. The van der Waals surface area contributed by atoms with Crippen LogP contribution in [-0.4, -0.2) is 43.8 Å². The molecule has 226 valence electrons. The van der Waals surface area contributed by atoms with Crippen molar-refractivity contribution in [3.63, 3.8) is 0 Å². The van der Waals surface area contributed by atoms with E-state index < -0.39 is 30.4 Å². The lowest BCUT2D eigenvalue weighted by Crippen LogP contribution is -2.29. The van der Waals surface area contributed by atoms with Gasteiger partial charge in [-0.05, 0) is 65.3 Å². The van der Waals surface area contributed by atoms with E-state index in [1.165, 1.54) is 12.1 Å². The van der Waals surface area contributed by atoms with Crippen molar-refractivity contribution in [3.05, 3.63) is 107 Å². The van der Waals surface area contributed by atoms with Gasteiger partial charge in [0.25, 0.3) is 0 Å². The minimum atomic E-state index is -1.40. The number of benzene rings is 3. The van der Waals surface area contributed by atoms with E-state index in [1.54, 1.807) is 24.3 Å². The number of halogens is 1. The third-order valence-electron chi connectivity index (χ3n) is 7.51. The minimum absolute atomic E-state index is 0.0934. The summed E-state index contributed by atoms with van der Waals surface area (Å²) in [4.78, 5) is 25.1. The molecule has 1 aromatic heterocycles. The van der Waals surface area contributed by atoms with Crippen LogP contribution in [0.15, 0.2) is 78.9 Å². The first-order chi connectivity index (χ1) is 20.6. The number of aliphatic carboxylic acids is 1. The topological polar surface area (TPSA) is 123 Å². The van der Waals surface area contributed by atoms with E-state index in [0.29, 0.717) is 22.4 Å². The van der Waals surface area contributed by atoms with Gasteiger partial charge in [0.15, 0.2) is 5.78 Å². The number of carboxylic acids is 1. The molecular weight excluding hydrogens is 549 g/mol. The first-order valence-electron chi connectivity index (χ1n) is 14.4. The monoisotopic (exact) mass is 586 g/mol. The highest BCUT2D eigenvalue weighted by molar-refractivity contribution is 6.08. The second-order valence-electron chi connectivity index (χ2n) is 11.1. The van der Waals surface area contributed by atoms with Crippen molar-refractivity contribution in [2.24, 2.45) is 0 Å². The van der Waals surface area contributed by atoms with E-state index in [0.717, 1.165) is 22.4 Å². The van der Waals surface area contributed by atoms with Crippen molar-refractivity contribution < 1.29 is 34.4 Å². The Kier molecular flexibility index (Phi) is 10.6. The van der Waals surface area contributed by atoms with Crippen LogP contribution in [0.4, 0.5) is 4.39 Å². The predicted molar refractivity (Wildman–Crippen MR) is 161 cm³/mol. The number of hydrogen-bond donors (Lipinski definition) is 3. The van der Waals surface area contributed by atoms with Gasteiger partial charge in [-0.3, -0.25) is 4.79 Å². The van der Waals surface area contributed by atoms with Crippen molar-refractivity contribution in [1.82, 2.24) is 4.57 Å². The van der Waals surface area contributed by atoms with E-state index in [9.17, 15) is 34.4 Å². The molecular formula is C35H37FNO6-. The zero-order chi connectivity index (χ0) is 31.1. The number of nitrogens with zero attached hydrogens (tertiary/aromatic N) is 1. The summed E-state index contributed by atoms with van der Waals surface area (Å²) in [5, 5.41) is 41.1. The molecule has 0 spiro atoms.